The smallest absolute Gasteiger partial charge is 0.321 e. The Hall–Kier alpha value is -2.02. The lowest BCUT2D eigenvalue weighted by Gasteiger charge is -2.17. The number of aryl methyl sites for hydroxylation is 1. The lowest BCUT2D eigenvalue weighted by Crippen LogP contribution is -2.47. The number of benzene rings is 1. The third-order valence-corrected chi connectivity index (χ3v) is 5.35. The fourth-order valence-corrected chi connectivity index (χ4v) is 3.55. The summed E-state index contributed by atoms with van der Waals surface area (Å²) in [6.07, 6.45) is 3.00. The van der Waals surface area contributed by atoms with Crippen LogP contribution in [-0.4, -0.2) is 35.3 Å². The highest BCUT2D eigenvalue weighted by atomic mass is 32.2. The summed E-state index contributed by atoms with van der Waals surface area (Å²) in [5.74, 6) is -1.11. The molecular formula is C19H26N2O4S. The lowest BCUT2D eigenvalue weighted by atomic mass is 10.2. The van der Waals surface area contributed by atoms with Crippen molar-refractivity contribution < 1.29 is 19.1 Å². The number of urea groups is 1. The monoisotopic (exact) mass is 378 g/mol. The normalized spacial score (nSPS) is 16.6. The Kier molecular flexibility index (Phi) is 7.50. The van der Waals surface area contributed by atoms with Crippen molar-refractivity contribution in [3.63, 3.8) is 0 Å². The molecule has 0 unspecified atom stereocenters. The SMILES string of the molecule is Cc1ccc(S[C@H](C)C(=O)O[C@@H](C)C(=O)NC(=O)NC2CCCC2)cc1. The summed E-state index contributed by atoms with van der Waals surface area (Å²) in [5.41, 5.74) is 1.14. The predicted octanol–water partition coefficient (Wildman–Crippen LogP) is 3.18. The Morgan fingerprint density at radius 1 is 1.12 bits per heavy atom. The number of thioether (sulfide) groups is 1. The van der Waals surface area contributed by atoms with E-state index in [9.17, 15) is 14.4 Å². The van der Waals surface area contributed by atoms with Gasteiger partial charge in [0.15, 0.2) is 6.10 Å². The molecule has 1 aliphatic carbocycles. The number of esters is 1. The van der Waals surface area contributed by atoms with E-state index in [1.807, 2.05) is 31.2 Å². The number of ether oxygens (including phenoxy) is 1. The highest BCUT2D eigenvalue weighted by molar-refractivity contribution is 8.00. The average molecular weight is 378 g/mol. The minimum absolute atomic E-state index is 0.117. The van der Waals surface area contributed by atoms with E-state index in [4.69, 9.17) is 4.74 Å². The molecule has 0 bridgehead atoms. The molecule has 7 heteroatoms. The van der Waals surface area contributed by atoms with Gasteiger partial charge in [-0.25, -0.2) is 4.79 Å². The van der Waals surface area contributed by atoms with E-state index >= 15 is 0 Å². The van der Waals surface area contributed by atoms with Crippen LogP contribution in [0.5, 0.6) is 0 Å². The minimum Gasteiger partial charge on any atom is -0.452 e. The Morgan fingerprint density at radius 2 is 1.73 bits per heavy atom. The van der Waals surface area contributed by atoms with Gasteiger partial charge in [0.1, 0.15) is 5.25 Å². The predicted molar refractivity (Wildman–Crippen MR) is 101 cm³/mol. The second-order valence-electron chi connectivity index (χ2n) is 6.60. The number of imide groups is 1. The van der Waals surface area contributed by atoms with E-state index in [1.54, 1.807) is 6.92 Å². The van der Waals surface area contributed by atoms with Crippen molar-refractivity contribution in [2.45, 2.75) is 68.7 Å². The van der Waals surface area contributed by atoms with Crippen LogP contribution in [0.15, 0.2) is 29.2 Å². The third-order valence-electron chi connectivity index (χ3n) is 4.26. The Bertz CT molecular complexity index is 641. The van der Waals surface area contributed by atoms with Crippen LogP contribution >= 0.6 is 11.8 Å². The molecule has 6 nitrogen and oxygen atoms in total. The molecule has 2 atom stereocenters. The van der Waals surface area contributed by atoms with Crippen LogP contribution in [-0.2, 0) is 14.3 Å². The first kappa shape index (κ1) is 20.3. The van der Waals surface area contributed by atoms with Crippen LogP contribution in [0.4, 0.5) is 4.79 Å². The number of rotatable bonds is 6. The minimum atomic E-state index is -1.03. The summed E-state index contributed by atoms with van der Waals surface area (Å²) in [6, 6.07) is 7.40. The van der Waals surface area contributed by atoms with Gasteiger partial charge in [-0.2, -0.15) is 0 Å². The number of hydrogen-bond donors (Lipinski definition) is 2. The molecule has 3 amide bonds. The maximum Gasteiger partial charge on any atom is 0.321 e. The first-order valence-electron chi connectivity index (χ1n) is 8.90. The summed E-state index contributed by atoms with van der Waals surface area (Å²) in [4.78, 5) is 37.0. The zero-order chi connectivity index (χ0) is 19.1. The molecule has 0 aromatic heterocycles. The van der Waals surface area contributed by atoms with E-state index in [0.29, 0.717) is 0 Å². The number of carbonyl (C=O) groups is 3. The first-order valence-corrected chi connectivity index (χ1v) is 9.78. The molecule has 1 aromatic rings. The number of carbonyl (C=O) groups excluding carboxylic acids is 3. The van der Waals surface area contributed by atoms with Gasteiger partial charge < -0.3 is 10.1 Å². The van der Waals surface area contributed by atoms with Gasteiger partial charge in [0, 0.05) is 10.9 Å². The van der Waals surface area contributed by atoms with Gasteiger partial charge in [0.05, 0.1) is 0 Å². The van der Waals surface area contributed by atoms with Crippen LogP contribution in [0.2, 0.25) is 0 Å². The second kappa shape index (κ2) is 9.62. The van der Waals surface area contributed by atoms with Gasteiger partial charge in [0.2, 0.25) is 0 Å². The summed E-state index contributed by atoms with van der Waals surface area (Å²) in [6.45, 7) is 5.18. The highest BCUT2D eigenvalue weighted by Gasteiger charge is 2.25. The molecule has 1 aromatic carbocycles. The van der Waals surface area contributed by atoms with Crippen molar-refractivity contribution in [2.24, 2.45) is 0 Å². The van der Waals surface area contributed by atoms with Crippen LogP contribution in [0, 0.1) is 6.92 Å². The second-order valence-corrected chi connectivity index (χ2v) is 8.01. The van der Waals surface area contributed by atoms with Gasteiger partial charge in [0.25, 0.3) is 5.91 Å². The fraction of sp³-hybridized carbons (Fsp3) is 0.526. The summed E-state index contributed by atoms with van der Waals surface area (Å²) < 4.78 is 5.19. The van der Waals surface area contributed by atoms with Gasteiger partial charge in [-0.05, 0) is 45.7 Å². The molecule has 142 valence electrons. The summed E-state index contributed by atoms with van der Waals surface area (Å²) in [5, 5.41) is 4.54. The molecule has 0 saturated heterocycles. The van der Waals surface area contributed by atoms with Crippen molar-refractivity contribution in [3.8, 4) is 0 Å². The maximum atomic E-state index is 12.2. The molecule has 1 saturated carbocycles. The molecular weight excluding hydrogens is 352 g/mol. The molecule has 1 fully saturated rings. The quantitative estimate of drug-likeness (QED) is 0.587. The topological polar surface area (TPSA) is 84.5 Å². The zero-order valence-corrected chi connectivity index (χ0v) is 16.2. The van der Waals surface area contributed by atoms with Crippen molar-refractivity contribution in [1.82, 2.24) is 10.6 Å². The van der Waals surface area contributed by atoms with Gasteiger partial charge >= 0.3 is 12.0 Å². The van der Waals surface area contributed by atoms with E-state index < -0.39 is 29.3 Å². The zero-order valence-electron chi connectivity index (χ0n) is 15.4. The van der Waals surface area contributed by atoms with Gasteiger partial charge in [-0.3, -0.25) is 14.9 Å². The number of amides is 3. The molecule has 2 rings (SSSR count). The van der Waals surface area contributed by atoms with Crippen LogP contribution < -0.4 is 10.6 Å². The molecule has 0 aliphatic heterocycles. The number of nitrogens with one attached hydrogen (secondary N) is 2. The van der Waals surface area contributed by atoms with Crippen molar-refractivity contribution in [1.29, 1.82) is 0 Å². The number of hydrogen-bond acceptors (Lipinski definition) is 5. The van der Waals surface area contributed by atoms with Gasteiger partial charge in [-0.1, -0.05) is 30.5 Å². The van der Waals surface area contributed by atoms with E-state index in [2.05, 4.69) is 10.6 Å². The average Bonchev–Trinajstić information content (AvgIpc) is 3.09. The molecule has 0 heterocycles. The Balaban J connectivity index is 1.76. The van der Waals surface area contributed by atoms with E-state index in [-0.39, 0.29) is 6.04 Å². The largest absolute Gasteiger partial charge is 0.452 e. The lowest BCUT2D eigenvalue weighted by molar-refractivity contribution is -0.153. The van der Waals surface area contributed by atoms with E-state index in [0.717, 1.165) is 36.1 Å². The summed E-state index contributed by atoms with van der Waals surface area (Å²) >= 11 is 1.36. The Morgan fingerprint density at radius 3 is 2.35 bits per heavy atom. The van der Waals surface area contributed by atoms with Crippen LogP contribution in [0.3, 0.4) is 0 Å². The summed E-state index contributed by atoms with van der Waals surface area (Å²) in [7, 11) is 0. The fourth-order valence-electron chi connectivity index (χ4n) is 2.70. The molecule has 0 radical (unpaired) electrons. The maximum absolute atomic E-state index is 12.2. The van der Waals surface area contributed by atoms with Crippen molar-refractivity contribution >= 4 is 29.7 Å². The molecule has 26 heavy (non-hydrogen) atoms. The standard InChI is InChI=1S/C19H26N2O4S/c1-12-8-10-16(11-9-12)26-14(3)18(23)25-13(2)17(22)21-19(24)20-15-6-4-5-7-15/h8-11,13-15H,4-7H2,1-3H3,(H2,20,21,22,24)/t13-,14+/m0/s1. The van der Waals surface area contributed by atoms with Crippen LogP contribution in [0.1, 0.15) is 45.1 Å². The van der Waals surface area contributed by atoms with E-state index in [1.165, 1.54) is 18.7 Å². The highest BCUT2D eigenvalue weighted by Crippen LogP contribution is 2.24. The molecule has 1 aliphatic rings. The molecule has 2 N–H and O–H groups in total. The molecule has 0 spiro atoms. The van der Waals surface area contributed by atoms with Crippen molar-refractivity contribution in [2.75, 3.05) is 0 Å². The third kappa shape index (κ3) is 6.37. The van der Waals surface area contributed by atoms with Gasteiger partial charge in [-0.15, -0.1) is 11.8 Å². The van der Waals surface area contributed by atoms with Crippen LogP contribution in [0.25, 0.3) is 0 Å². The van der Waals surface area contributed by atoms with Crippen molar-refractivity contribution in [3.05, 3.63) is 29.8 Å². The first-order chi connectivity index (χ1) is 12.3. The Labute approximate surface area is 158 Å².